The van der Waals surface area contributed by atoms with Gasteiger partial charge in [0.05, 0.1) is 4.92 Å². The highest BCUT2D eigenvalue weighted by Gasteiger charge is 2.25. The smallest absolute Gasteiger partial charge is 0.408 e. The van der Waals surface area contributed by atoms with E-state index in [0.29, 0.717) is 5.69 Å². The summed E-state index contributed by atoms with van der Waals surface area (Å²) in [6.07, 6.45) is -0.439. The van der Waals surface area contributed by atoms with Gasteiger partial charge in [0.15, 0.2) is 0 Å². The molecule has 0 radical (unpaired) electrons. The van der Waals surface area contributed by atoms with Crippen molar-refractivity contribution in [2.45, 2.75) is 38.8 Å². The number of hydrogen-bond donors (Lipinski definition) is 2. The molecule has 0 spiro atoms. The number of carbonyl (C=O) groups excluding carboxylic acids is 2. The second-order valence-corrected chi connectivity index (χ2v) is 7.18. The van der Waals surface area contributed by atoms with E-state index in [4.69, 9.17) is 4.74 Å². The van der Waals surface area contributed by atoms with Gasteiger partial charge in [-0.3, -0.25) is 14.9 Å². The van der Waals surface area contributed by atoms with Gasteiger partial charge in [-0.15, -0.1) is 0 Å². The lowest BCUT2D eigenvalue weighted by atomic mass is 10.1. The van der Waals surface area contributed by atoms with Crippen LogP contribution in [0.5, 0.6) is 0 Å². The van der Waals surface area contributed by atoms with Gasteiger partial charge in [0.25, 0.3) is 5.69 Å². The SMILES string of the molecule is CC(C)(C)OC(=O)NC(Cc1ccccc1)C(=O)Nc1ccc([N+](=O)[O-])cc1. The van der Waals surface area contributed by atoms with Crippen LogP contribution in [0.2, 0.25) is 0 Å². The minimum atomic E-state index is -0.882. The Morgan fingerprint density at radius 1 is 1.07 bits per heavy atom. The fraction of sp³-hybridized carbons (Fsp3) is 0.300. The average molecular weight is 385 g/mol. The zero-order chi connectivity index (χ0) is 20.7. The first kappa shape index (κ1) is 20.9. The fourth-order valence-electron chi connectivity index (χ4n) is 2.40. The first-order chi connectivity index (χ1) is 13.1. The average Bonchev–Trinajstić information content (AvgIpc) is 2.61. The number of hydrogen-bond acceptors (Lipinski definition) is 5. The molecule has 1 atom stereocenters. The van der Waals surface area contributed by atoms with Crippen LogP contribution in [0, 0.1) is 10.1 Å². The number of nitro groups is 1. The molecule has 0 aliphatic heterocycles. The molecule has 2 aromatic rings. The van der Waals surface area contributed by atoms with Gasteiger partial charge in [-0.25, -0.2) is 4.79 Å². The molecule has 2 aromatic carbocycles. The molecule has 28 heavy (non-hydrogen) atoms. The van der Waals surface area contributed by atoms with E-state index < -0.39 is 28.6 Å². The third-order valence-corrected chi connectivity index (χ3v) is 3.64. The summed E-state index contributed by atoms with van der Waals surface area (Å²) in [4.78, 5) is 35.1. The van der Waals surface area contributed by atoms with Crippen LogP contribution in [-0.2, 0) is 16.0 Å². The van der Waals surface area contributed by atoms with Crippen molar-refractivity contribution in [1.82, 2.24) is 5.32 Å². The molecule has 2 N–H and O–H groups in total. The molecular formula is C20H23N3O5. The first-order valence-electron chi connectivity index (χ1n) is 8.73. The molecule has 0 saturated heterocycles. The van der Waals surface area contributed by atoms with Crippen LogP contribution in [0.1, 0.15) is 26.3 Å². The van der Waals surface area contributed by atoms with Crippen LogP contribution in [0.4, 0.5) is 16.2 Å². The topological polar surface area (TPSA) is 111 Å². The predicted molar refractivity (Wildman–Crippen MR) is 105 cm³/mol. The molecule has 2 amide bonds. The molecule has 0 heterocycles. The number of ether oxygens (including phenoxy) is 1. The first-order valence-corrected chi connectivity index (χ1v) is 8.73. The maximum absolute atomic E-state index is 12.7. The lowest BCUT2D eigenvalue weighted by Gasteiger charge is -2.23. The highest BCUT2D eigenvalue weighted by atomic mass is 16.6. The number of alkyl carbamates (subject to hydrolysis) is 1. The molecule has 148 valence electrons. The van der Waals surface area contributed by atoms with E-state index in [-0.39, 0.29) is 12.1 Å². The number of rotatable bonds is 6. The molecule has 2 rings (SSSR count). The highest BCUT2D eigenvalue weighted by Crippen LogP contribution is 2.16. The Bertz CT molecular complexity index is 829. The Balaban J connectivity index is 2.13. The molecular weight excluding hydrogens is 362 g/mol. The minimum Gasteiger partial charge on any atom is -0.444 e. The zero-order valence-corrected chi connectivity index (χ0v) is 16.0. The highest BCUT2D eigenvalue weighted by molar-refractivity contribution is 5.96. The number of anilines is 1. The van der Waals surface area contributed by atoms with E-state index in [2.05, 4.69) is 10.6 Å². The van der Waals surface area contributed by atoms with E-state index in [0.717, 1.165) is 5.56 Å². The van der Waals surface area contributed by atoms with Crippen molar-refractivity contribution >= 4 is 23.4 Å². The summed E-state index contributed by atoms with van der Waals surface area (Å²) in [6, 6.07) is 13.8. The molecule has 8 nitrogen and oxygen atoms in total. The van der Waals surface area contributed by atoms with Crippen molar-refractivity contribution in [3.63, 3.8) is 0 Å². The summed E-state index contributed by atoms with van der Waals surface area (Å²) in [6.45, 7) is 5.20. The summed E-state index contributed by atoms with van der Waals surface area (Å²) < 4.78 is 5.24. The quantitative estimate of drug-likeness (QED) is 0.582. The number of non-ortho nitro benzene ring substituents is 1. The van der Waals surface area contributed by atoms with Crippen LogP contribution < -0.4 is 10.6 Å². The van der Waals surface area contributed by atoms with Gasteiger partial charge in [0.1, 0.15) is 11.6 Å². The maximum atomic E-state index is 12.7. The molecule has 0 bridgehead atoms. The van der Waals surface area contributed by atoms with Gasteiger partial charge in [0, 0.05) is 24.2 Å². The zero-order valence-electron chi connectivity index (χ0n) is 16.0. The van der Waals surface area contributed by atoms with E-state index in [1.165, 1.54) is 24.3 Å². The third-order valence-electron chi connectivity index (χ3n) is 3.64. The second-order valence-electron chi connectivity index (χ2n) is 7.18. The van der Waals surface area contributed by atoms with Crippen LogP contribution in [0.15, 0.2) is 54.6 Å². The molecule has 1 unspecified atom stereocenters. The van der Waals surface area contributed by atoms with Gasteiger partial charge in [0.2, 0.25) is 5.91 Å². The van der Waals surface area contributed by atoms with Crippen molar-refractivity contribution in [2.75, 3.05) is 5.32 Å². The lowest BCUT2D eigenvalue weighted by molar-refractivity contribution is -0.384. The van der Waals surface area contributed by atoms with Crippen molar-refractivity contribution in [2.24, 2.45) is 0 Å². The lowest BCUT2D eigenvalue weighted by Crippen LogP contribution is -2.47. The Morgan fingerprint density at radius 3 is 2.21 bits per heavy atom. The monoisotopic (exact) mass is 385 g/mol. The maximum Gasteiger partial charge on any atom is 0.408 e. The second kappa shape index (κ2) is 8.98. The Labute approximate surface area is 163 Å². The van der Waals surface area contributed by atoms with Crippen molar-refractivity contribution in [1.29, 1.82) is 0 Å². The number of benzene rings is 2. The minimum absolute atomic E-state index is 0.0780. The number of amides is 2. The van der Waals surface area contributed by atoms with Crippen molar-refractivity contribution < 1.29 is 19.2 Å². The van der Waals surface area contributed by atoms with E-state index >= 15 is 0 Å². The molecule has 0 saturated carbocycles. The van der Waals surface area contributed by atoms with Crippen molar-refractivity contribution in [3.05, 3.63) is 70.3 Å². The number of carbonyl (C=O) groups is 2. The standard InChI is InChI=1S/C20H23N3O5/c1-20(2,3)28-19(25)22-17(13-14-7-5-4-6-8-14)18(24)21-15-9-11-16(12-10-15)23(26)27/h4-12,17H,13H2,1-3H3,(H,21,24)(H,22,25). The molecule has 8 heteroatoms. The normalized spacial score (nSPS) is 12.0. The van der Waals surface area contributed by atoms with Crippen LogP contribution in [-0.4, -0.2) is 28.6 Å². The van der Waals surface area contributed by atoms with Gasteiger partial charge >= 0.3 is 6.09 Å². The summed E-state index contributed by atoms with van der Waals surface area (Å²) >= 11 is 0. The van der Waals surface area contributed by atoms with Crippen LogP contribution in [0.3, 0.4) is 0 Å². The van der Waals surface area contributed by atoms with Gasteiger partial charge in [-0.05, 0) is 38.5 Å². The Morgan fingerprint density at radius 2 is 1.68 bits per heavy atom. The Kier molecular flexibility index (Phi) is 6.70. The fourth-order valence-corrected chi connectivity index (χ4v) is 2.40. The van der Waals surface area contributed by atoms with Gasteiger partial charge in [-0.1, -0.05) is 30.3 Å². The number of nitrogens with zero attached hydrogens (tertiary/aromatic N) is 1. The molecule has 0 aliphatic carbocycles. The number of nitro benzene ring substituents is 1. The van der Waals surface area contributed by atoms with Crippen molar-refractivity contribution in [3.8, 4) is 0 Å². The van der Waals surface area contributed by atoms with E-state index in [9.17, 15) is 19.7 Å². The van der Waals surface area contributed by atoms with E-state index in [1.54, 1.807) is 20.8 Å². The summed E-state index contributed by atoms with van der Waals surface area (Å²) in [5, 5.41) is 16.0. The third kappa shape index (κ3) is 6.71. The van der Waals surface area contributed by atoms with E-state index in [1.807, 2.05) is 30.3 Å². The summed E-state index contributed by atoms with van der Waals surface area (Å²) in [7, 11) is 0. The largest absolute Gasteiger partial charge is 0.444 e. The van der Waals surface area contributed by atoms with Gasteiger partial charge < -0.3 is 15.4 Å². The van der Waals surface area contributed by atoms with Crippen LogP contribution in [0.25, 0.3) is 0 Å². The van der Waals surface area contributed by atoms with Gasteiger partial charge in [-0.2, -0.15) is 0 Å². The predicted octanol–water partition coefficient (Wildman–Crippen LogP) is 3.67. The molecule has 0 fully saturated rings. The van der Waals surface area contributed by atoms with Crippen LogP contribution >= 0.6 is 0 Å². The Hall–Kier alpha value is -3.42. The molecule has 0 aliphatic rings. The summed E-state index contributed by atoms with van der Waals surface area (Å²) in [5.74, 6) is -0.455. The molecule has 0 aromatic heterocycles. The summed E-state index contributed by atoms with van der Waals surface area (Å²) in [5.41, 5.74) is 0.476. The number of nitrogens with one attached hydrogen (secondary N) is 2.